The van der Waals surface area contributed by atoms with Crippen molar-refractivity contribution in [3.8, 4) is 0 Å². The van der Waals surface area contributed by atoms with E-state index in [1.165, 1.54) is 25.0 Å². The Morgan fingerprint density at radius 2 is 2.38 bits per heavy atom. The highest BCUT2D eigenvalue weighted by Crippen LogP contribution is 2.36. The van der Waals surface area contributed by atoms with Crippen molar-refractivity contribution in [2.24, 2.45) is 0 Å². The van der Waals surface area contributed by atoms with E-state index in [1.807, 2.05) is 11.8 Å². The molecule has 1 aliphatic rings. The van der Waals surface area contributed by atoms with Gasteiger partial charge >= 0.3 is 0 Å². The Balaban J connectivity index is 2.14. The average Bonchev–Trinajstić information content (AvgIpc) is 2.19. The average molecular weight is 215 g/mol. The van der Waals surface area contributed by atoms with Crippen molar-refractivity contribution < 1.29 is 0 Å². The zero-order valence-corrected chi connectivity index (χ0v) is 8.81. The lowest BCUT2D eigenvalue weighted by Gasteiger charge is -2.19. The minimum Gasteiger partial charge on any atom is -0.240 e. The molecule has 0 N–H and O–H groups in total. The molecule has 1 unspecified atom stereocenters. The van der Waals surface area contributed by atoms with Crippen molar-refractivity contribution in [1.29, 1.82) is 0 Å². The molecule has 70 valence electrons. The molecule has 0 saturated carbocycles. The summed E-state index contributed by atoms with van der Waals surface area (Å²) in [6, 6.07) is 1.72. The van der Waals surface area contributed by atoms with E-state index >= 15 is 0 Å². The van der Waals surface area contributed by atoms with E-state index in [1.54, 1.807) is 12.3 Å². The highest BCUT2D eigenvalue weighted by Gasteiger charge is 2.18. The standard InChI is InChI=1S/C9H11ClN2S/c10-8-4-5-11-9(12-8)7-3-1-2-6-13-7/h4-5,7H,1-3,6H2. The highest BCUT2D eigenvalue weighted by atomic mass is 35.5. The van der Waals surface area contributed by atoms with Gasteiger partial charge in [-0.05, 0) is 24.7 Å². The summed E-state index contributed by atoms with van der Waals surface area (Å²) in [5.74, 6) is 2.12. The summed E-state index contributed by atoms with van der Waals surface area (Å²) < 4.78 is 0. The first-order chi connectivity index (χ1) is 6.36. The number of rotatable bonds is 1. The Labute approximate surface area is 87.1 Å². The van der Waals surface area contributed by atoms with E-state index in [9.17, 15) is 0 Å². The second kappa shape index (κ2) is 4.29. The van der Waals surface area contributed by atoms with Crippen LogP contribution in [0, 0.1) is 0 Å². The number of thioether (sulfide) groups is 1. The lowest BCUT2D eigenvalue weighted by molar-refractivity contribution is 0.662. The molecule has 0 amide bonds. The van der Waals surface area contributed by atoms with Gasteiger partial charge in [0.15, 0.2) is 0 Å². The molecule has 1 saturated heterocycles. The van der Waals surface area contributed by atoms with Gasteiger partial charge in [0, 0.05) is 6.20 Å². The zero-order chi connectivity index (χ0) is 9.10. The molecule has 1 aromatic heterocycles. The van der Waals surface area contributed by atoms with Crippen molar-refractivity contribution >= 4 is 23.4 Å². The van der Waals surface area contributed by atoms with Crippen LogP contribution < -0.4 is 0 Å². The summed E-state index contributed by atoms with van der Waals surface area (Å²) >= 11 is 7.75. The van der Waals surface area contributed by atoms with Gasteiger partial charge < -0.3 is 0 Å². The number of nitrogens with zero attached hydrogens (tertiary/aromatic N) is 2. The van der Waals surface area contributed by atoms with Gasteiger partial charge in [-0.25, -0.2) is 9.97 Å². The third-order valence-corrected chi connectivity index (χ3v) is 3.69. The van der Waals surface area contributed by atoms with Gasteiger partial charge in [0.2, 0.25) is 0 Å². The maximum absolute atomic E-state index is 5.80. The smallest absolute Gasteiger partial charge is 0.142 e. The number of halogens is 1. The SMILES string of the molecule is Clc1ccnc(C2CCCCS2)n1. The molecule has 0 radical (unpaired) electrons. The summed E-state index contributed by atoms with van der Waals surface area (Å²) in [6.45, 7) is 0. The molecule has 2 rings (SSSR count). The van der Waals surface area contributed by atoms with Gasteiger partial charge in [0.1, 0.15) is 11.0 Å². The first-order valence-electron chi connectivity index (χ1n) is 4.46. The molecule has 1 aliphatic heterocycles. The summed E-state index contributed by atoms with van der Waals surface area (Å²) in [4.78, 5) is 8.48. The molecular weight excluding hydrogens is 204 g/mol. The van der Waals surface area contributed by atoms with E-state index in [0.717, 1.165) is 5.82 Å². The van der Waals surface area contributed by atoms with E-state index in [4.69, 9.17) is 11.6 Å². The number of aromatic nitrogens is 2. The predicted molar refractivity (Wildman–Crippen MR) is 56.1 cm³/mol. The summed E-state index contributed by atoms with van der Waals surface area (Å²) in [6.07, 6.45) is 5.53. The summed E-state index contributed by atoms with van der Waals surface area (Å²) in [7, 11) is 0. The molecule has 0 bridgehead atoms. The van der Waals surface area contributed by atoms with Crippen LogP contribution in [-0.2, 0) is 0 Å². The van der Waals surface area contributed by atoms with Gasteiger partial charge in [0.05, 0.1) is 5.25 Å². The van der Waals surface area contributed by atoms with Crippen LogP contribution in [-0.4, -0.2) is 15.7 Å². The van der Waals surface area contributed by atoms with Gasteiger partial charge in [-0.3, -0.25) is 0 Å². The fourth-order valence-corrected chi connectivity index (χ4v) is 2.84. The zero-order valence-electron chi connectivity index (χ0n) is 7.24. The molecule has 0 aromatic carbocycles. The van der Waals surface area contributed by atoms with Crippen LogP contribution in [0.4, 0.5) is 0 Å². The van der Waals surface area contributed by atoms with Crippen LogP contribution in [0.3, 0.4) is 0 Å². The van der Waals surface area contributed by atoms with E-state index in [-0.39, 0.29) is 0 Å². The maximum atomic E-state index is 5.80. The molecule has 2 nitrogen and oxygen atoms in total. The molecule has 1 fully saturated rings. The van der Waals surface area contributed by atoms with Crippen LogP contribution in [0.25, 0.3) is 0 Å². The van der Waals surface area contributed by atoms with Crippen LogP contribution >= 0.6 is 23.4 Å². The minimum atomic E-state index is 0.465. The van der Waals surface area contributed by atoms with E-state index in [2.05, 4.69) is 9.97 Å². The fraction of sp³-hybridized carbons (Fsp3) is 0.556. The van der Waals surface area contributed by atoms with Crippen molar-refractivity contribution in [3.63, 3.8) is 0 Å². The third-order valence-electron chi connectivity index (χ3n) is 2.11. The molecule has 1 atom stereocenters. The maximum Gasteiger partial charge on any atom is 0.142 e. The van der Waals surface area contributed by atoms with Gasteiger partial charge in [-0.15, -0.1) is 0 Å². The number of hydrogen-bond acceptors (Lipinski definition) is 3. The summed E-state index contributed by atoms with van der Waals surface area (Å²) in [5, 5.41) is 1.02. The first kappa shape index (κ1) is 9.28. The quantitative estimate of drug-likeness (QED) is 0.672. The monoisotopic (exact) mass is 214 g/mol. The van der Waals surface area contributed by atoms with Crippen LogP contribution in [0.15, 0.2) is 12.3 Å². The van der Waals surface area contributed by atoms with Gasteiger partial charge in [-0.2, -0.15) is 11.8 Å². The molecule has 1 aromatic rings. The van der Waals surface area contributed by atoms with Crippen molar-refractivity contribution in [1.82, 2.24) is 9.97 Å². The second-order valence-corrected chi connectivity index (χ2v) is 4.79. The lowest BCUT2D eigenvalue weighted by atomic mass is 10.2. The second-order valence-electron chi connectivity index (χ2n) is 3.09. The van der Waals surface area contributed by atoms with Crippen LogP contribution in [0.1, 0.15) is 30.3 Å². The van der Waals surface area contributed by atoms with Crippen LogP contribution in [0.5, 0.6) is 0 Å². The Morgan fingerprint density at radius 1 is 1.46 bits per heavy atom. The Bertz CT molecular complexity index is 287. The molecule has 13 heavy (non-hydrogen) atoms. The van der Waals surface area contributed by atoms with Crippen molar-refractivity contribution in [3.05, 3.63) is 23.2 Å². The van der Waals surface area contributed by atoms with E-state index < -0.39 is 0 Å². The van der Waals surface area contributed by atoms with E-state index in [0.29, 0.717) is 10.4 Å². The van der Waals surface area contributed by atoms with Crippen molar-refractivity contribution in [2.75, 3.05) is 5.75 Å². The Morgan fingerprint density at radius 3 is 3.08 bits per heavy atom. The third kappa shape index (κ3) is 2.35. The minimum absolute atomic E-state index is 0.465. The topological polar surface area (TPSA) is 25.8 Å². The molecule has 4 heteroatoms. The normalized spacial score (nSPS) is 23.0. The first-order valence-corrected chi connectivity index (χ1v) is 5.89. The molecule has 0 aliphatic carbocycles. The van der Waals surface area contributed by atoms with Crippen molar-refractivity contribution in [2.45, 2.75) is 24.5 Å². The summed E-state index contributed by atoms with van der Waals surface area (Å²) in [5.41, 5.74) is 0. The fourth-order valence-electron chi connectivity index (χ4n) is 1.45. The van der Waals surface area contributed by atoms with Gasteiger partial charge in [-0.1, -0.05) is 18.0 Å². The van der Waals surface area contributed by atoms with Crippen LogP contribution in [0.2, 0.25) is 5.15 Å². The Hall–Kier alpha value is -0.280. The molecule has 2 heterocycles. The largest absolute Gasteiger partial charge is 0.240 e. The Kier molecular flexibility index (Phi) is 3.06. The molecule has 0 spiro atoms. The lowest BCUT2D eigenvalue weighted by Crippen LogP contribution is -2.06. The predicted octanol–water partition coefficient (Wildman–Crippen LogP) is 3.09. The molecular formula is C9H11ClN2S. The van der Waals surface area contributed by atoms with Gasteiger partial charge in [0.25, 0.3) is 0 Å². The number of hydrogen-bond donors (Lipinski definition) is 0. The highest BCUT2D eigenvalue weighted by molar-refractivity contribution is 7.99.